The van der Waals surface area contributed by atoms with Crippen molar-refractivity contribution in [1.29, 1.82) is 0 Å². The fourth-order valence-corrected chi connectivity index (χ4v) is 4.70. The van der Waals surface area contributed by atoms with Gasteiger partial charge in [0, 0.05) is 0 Å². The number of carbonyl (C=O) groups is 1. The molecule has 0 saturated carbocycles. The van der Waals surface area contributed by atoms with E-state index < -0.39 is 0 Å². The third-order valence-electron chi connectivity index (χ3n) is 4.64. The van der Waals surface area contributed by atoms with Crippen LogP contribution in [0.2, 0.25) is 0 Å². The Morgan fingerprint density at radius 2 is 2.03 bits per heavy atom. The molecule has 2 aromatic heterocycles. The minimum absolute atomic E-state index is 0.0566. The number of benzene rings is 1. The molecule has 31 heavy (non-hydrogen) atoms. The standard InChI is InChI=1S/C21H24N4O4S2/c1-13(2)19(14-5-6-16-17(10-14)29-9-8-28-16)23-18(26)12-30-21-25-24-20(31-21)22-11-15-4-3-7-27-15/h3-7,10,13,19H,8-9,11-12H2,1-2H3,(H,22,24)(H,23,26)/t19-/m0/s1. The highest BCUT2D eigenvalue weighted by Crippen LogP contribution is 2.34. The predicted molar refractivity (Wildman–Crippen MR) is 120 cm³/mol. The maximum absolute atomic E-state index is 12.6. The molecule has 1 aromatic carbocycles. The second-order valence-electron chi connectivity index (χ2n) is 7.29. The zero-order chi connectivity index (χ0) is 21.6. The molecule has 0 bridgehead atoms. The van der Waals surface area contributed by atoms with Gasteiger partial charge in [-0.2, -0.15) is 0 Å². The second kappa shape index (κ2) is 10.1. The summed E-state index contributed by atoms with van der Waals surface area (Å²) in [5.41, 5.74) is 0.998. The number of rotatable bonds is 9. The molecule has 1 aliphatic heterocycles. The maximum Gasteiger partial charge on any atom is 0.230 e. The number of hydrogen-bond acceptors (Lipinski definition) is 9. The molecule has 1 aliphatic rings. The van der Waals surface area contributed by atoms with Gasteiger partial charge in [0.25, 0.3) is 0 Å². The van der Waals surface area contributed by atoms with E-state index in [0.717, 1.165) is 27.2 Å². The highest BCUT2D eigenvalue weighted by atomic mass is 32.2. The van der Waals surface area contributed by atoms with E-state index in [9.17, 15) is 4.79 Å². The molecule has 3 aromatic rings. The molecule has 10 heteroatoms. The van der Waals surface area contributed by atoms with Gasteiger partial charge in [-0.3, -0.25) is 4.79 Å². The molecule has 3 heterocycles. The Kier molecular flexibility index (Phi) is 6.98. The number of furan rings is 1. The third kappa shape index (κ3) is 5.71. The van der Waals surface area contributed by atoms with Crippen LogP contribution in [-0.4, -0.2) is 35.1 Å². The van der Waals surface area contributed by atoms with Gasteiger partial charge >= 0.3 is 0 Å². The summed E-state index contributed by atoms with van der Waals surface area (Å²) in [5, 5.41) is 15.2. The van der Waals surface area contributed by atoms with E-state index in [2.05, 4.69) is 34.7 Å². The highest BCUT2D eigenvalue weighted by molar-refractivity contribution is 8.01. The number of thioether (sulfide) groups is 1. The van der Waals surface area contributed by atoms with Gasteiger partial charge < -0.3 is 24.5 Å². The van der Waals surface area contributed by atoms with Gasteiger partial charge in [-0.15, -0.1) is 10.2 Å². The Morgan fingerprint density at radius 1 is 1.19 bits per heavy atom. The topological polar surface area (TPSA) is 98.5 Å². The molecule has 0 saturated heterocycles. The van der Waals surface area contributed by atoms with E-state index in [1.165, 1.54) is 23.1 Å². The normalized spacial score (nSPS) is 13.8. The van der Waals surface area contributed by atoms with Crippen LogP contribution in [0.25, 0.3) is 0 Å². The van der Waals surface area contributed by atoms with Crippen LogP contribution in [0.4, 0.5) is 5.13 Å². The molecular weight excluding hydrogens is 436 g/mol. The molecule has 1 amide bonds. The molecule has 0 spiro atoms. The monoisotopic (exact) mass is 460 g/mol. The van der Waals surface area contributed by atoms with Gasteiger partial charge in [0.15, 0.2) is 15.8 Å². The van der Waals surface area contributed by atoms with Gasteiger partial charge in [0.1, 0.15) is 19.0 Å². The van der Waals surface area contributed by atoms with Gasteiger partial charge in [0.05, 0.1) is 24.6 Å². The van der Waals surface area contributed by atoms with Crippen molar-refractivity contribution >= 4 is 34.1 Å². The van der Waals surface area contributed by atoms with Crippen LogP contribution in [0.3, 0.4) is 0 Å². The van der Waals surface area contributed by atoms with Crippen molar-refractivity contribution < 1.29 is 18.7 Å². The molecule has 164 valence electrons. The minimum Gasteiger partial charge on any atom is -0.486 e. The number of ether oxygens (including phenoxy) is 2. The first kappa shape index (κ1) is 21.5. The zero-order valence-corrected chi connectivity index (χ0v) is 18.9. The van der Waals surface area contributed by atoms with Crippen LogP contribution in [0.15, 0.2) is 45.4 Å². The van der Waals surface area contributed by atoms with Crippen molar-refractivity contribution in [2.45, 2.75) is 30.8 Å². The van der Waals surface area contributed by atoms with Crippen LogP contribution in [0.5, 0.6) is 11.5 Å². The highest BCUT2D eigenvalue weighted by Gasteiger charge is 2.22. The number of anilines is 1. The fourth-order valence-electron chi connectivity index (χ4n) is 3.15. The lowest BCUT2D eigenvalue weighted by atomic mass is 9.95. The average molecular weight is 461 g/mol. The zero-order valence-electron chi connectivity index (χ0n) is 17.3. The Bertz CT molecular complexity index is 1010. The Labute approximate surface area is 188 Å². The summed E-state index contributed by atoms with van der Waals surface area (Å²) in [5.74, 6) is 2.71. The van der Waals surface area contributed by atoms with Crippen molar-refractivity contribution in [1.82, 2.24) is 15.5 Å². The van der Waals surface area contributed by atoms with Gasteiger partial charge in [-0.05, 0) is 35.7 Å². The van der Waals surface area contributed by atoms with E-state index in [4.69, 9.17) is 13.9 Å². The molecular formula is C21H24N4O4S2. The molecule has 0 fully saturated rings. The number of carbonyl (C=O) groups excluding carboxylic acids is 1. The van der Waals surface area contributed by atoms with Crippen molar-refractivity contribution in [3.05, 3.63) is 47.9 Å². The summed E-state index contributed by atoms with van der Waals surface area (Å²) in [4.78, 5) is 12.6. The number of nitrogens with one attached hydrogen (secondary N) is 2. The lowest BCUT2D eigenvalue weighted by molar-refractivity contribution is -0.119. The van der Waals surface area contributed by atoms with Crippen LogP contribution in [-0.2, 0) is 11.3 Å². The summed E-state index contributed by atoms with van der Waals surface area (Å²) >= 11 is 2.78. The van der Waals surface area contributed by atoms with Crippen LogP contribution >= 0.6 is 23.1 Å². The average Bonchev–Trinajstić information content (AvgIpc) is 3.46. The number of aromatic nitrogens is 2. The fraction of sp³-hybridized carbons (Fsp3) is 0.381. The number of nitrogens with zero attached hydrogens (tertiary/aromatic N) is 2. The van der Waals surface area contributed by atoms with Crippen LogP contribution < -0.4 is 20.1 Å². The molecule has 1 atom stereocenters. The van der Waals surface area contributed by atoms with Crippen molar-refractivity contribution in [3.8, 4) is 11.5 Å². The van der Waals surface area contributed by atoms with Gasteiger partial charge in [0.2, 0.25) is 11.0 Å². The molecule has 0 unspecified atom stereocenters. The van der Waals surface area contributed by atoms with E-state index in [0.29, 0.717) is 24.9 Å². The maximum atomic E-state index is 12.6. The number of hydrogen-bond donors (Lipinski definition) is 2. The van der Waals surface area contributed by atoms with Crippen molar-refractivity contribution in [3.63, 3.8) is 0 Å². The first-order valence-electron chi connectivity index (χ1n) is 10.00. The molecule has 0 radical (unpaired) electrons. The lowest BCUT2D eigenvalue weighted by Crippen LogP contribution is -2.33. The van der Waals surface area contributed by atoms with E-state index in [-0.39, 0.29) is 23.6 Å². The van der Waals surface area contributed by atoms with Crippen LogP contribution in [0.1, 0.15) is 31.2 Å². The predicted octanol–water partition coefficient (Wildman–Crippen LogP) is 4.12. The second-order valence-corrected chi connectivity index (χ2v) is 9.49. The minimum atomic E-state index is -0.121. The Morgan fingerprint density at radius 3 is 2.81 bits per heavy atom. The summed E-state index contributed by atoms with van der Waals surface area (Å²) < 4.78 is 17.3. The van der Waals surface area contributed by atoms with Gasteiger partial charge in [-0.1, -0.05) is 43.0 Å². The molecule has 0 aliphatic carbocycles. The number of fused-ring (bicyclic) bond motifs is 1. The van der Waals surface area contributed by atoms with Gasteiger partial charge in [-0.25, -0.2) is 0 Å². The summed E-state index contributed by atoms with van der Waals surface area (Å²) in [6, 6.07) is 9.44. The number of amides is 1. The Balaban J connectivity index is 1.31. The quantitative estimate of drug-likeness (QED) is 0.460. The smallest absolute Gasteiger partial charge is 0.230 e. The summed E-state index contributed by atoms with van der Waals surface area (Å²) in [6.45, 7) is 5.79. The van der Waals surface area contributed by atoms with Crippen LogP contribution in [0, 0.1) is 5.92 Å². The SMILES string of the molecule is CC(C)[C@H](NC(=O)CSc1nnc(NCc2ccco2)s1)c1ccc2c(c1)OCCO2. The van der Waals surface area contributed by atoms with E-state index >= 15 is 0 Å². The third-order valence-corrected chi connectivity index (χ3v) is 6.65. The first-order valence-corrected chi connectivity index (χ1v) is 11.8. The van der Waals surface area contributed by atoms with E-state index in [1.807, 2.05) is 30.3 Å². The molecule has 2 N–H and O–H groups in total. The van der Waals surface area contributed by atoms with E-state index in [1.54, 1.807) is 6.26 Å². The summed E-state index contributed by atoms with van der Waals surface area (Å²) in [6.07, 6.45) is 1.63. The lowest BCUT2D eigenvalue weighted by Gasteiger charge is -2.25. The molecule has 8 nitrogen and oxygen atoms in total. The first-order chi connectivity index (χ1) is 15.1. The Hall–Kier alpha value is -2.72. The largest absolute Gasteiger partial charge is 0.486 e. The van der Waals surface area contributed by atoms with Crippen molar-refractivity contribution in [2.75, 3.05) is 24.3 Å². The summed E-state index contributed by atoms with van der Waals surface area (Å²) in [7, 11) is 0. The molecule has 4 rings (SSSR count). The van der Waals surface area contributed by atoms with Crippen molar-refractivity contribution in [2.24, 2.45) is 5.92 Å².